The normalized spacial score (nSPS) is 20.2. The standard InChI is InChI=1S/C14H18N2/c1-14(2,3)13-12(9-15-10-16-13)11-7-5-4-6-8-11/h4-10,13H,1-3H3,(H,15,16). The molecule has 84 valence electrons. The molecule has 0 saturated carbocycles. The quantitative estimate of drug-likeness (QED) is 0.763. The third-order valence-electron chi connectivity index (χ3n) is 2.81. The van der Waals surface area contributed by atoms with Crippen LogP contribution in [-0.2, 0) is 0 Å². The van der Waals surface area contributed by atoms with Crippen LogP contribution in [0.15, 0.2) is 41.5 Å². The van der Waals surface area contributed by atoms with Crippen LogP contribution in [-0.4, -0.2) is 12.4 Å². The second kappa shape index (κ2) is 4.12. The van der Waals surface area contributed by atoms with Crippen molar-refractivity contribution in [2.45, 2.75) is 26.8 Å². The Morgan fingerprint density at radius 2 is 1.81 bits per heavy atom. The van der Waals surface area contributed by atoms with E-state index in [4.69, 9.17) is 0 Å². The highest BCUT2D eigenvalue weighted by atomic mass is 15.0. The van der Waals surface area contributed by atoms with E-state index in [9.17, 15) is 0 Å². The monoisotopic (exact) mass is 214 g/mol. The van der Waals surface area contributed by atoms with Crippen molar-refractivity contribution in [3.63, 3.8) is 0 Å². The predicted molar refractivity (Wildman–Crippen MR) is 69.3 cm³/mol. The molecule has 2 nitrogen and oxygen atoms in total. The van der Waals surface area contributed by atoms with Gasteiger partial charge in [0.2, 0.25) is 0 Å². The van der Waals surface area contributed by atoms with E-state index in [-0.39, 0.29) is 5.41 Å². The summed E-state index contributed by atoms with van der Waals surface area (Å²) in [6, 6.07) is 10.7. The highest BCUT2D eigenvalue weighted by Gasteiger charge is 2.29. The molecule has 1 atom stereocenters. The number of nitrogens with one attached hydrogen (secondary N) is 1. The Hall–Kier alpha value is -1.57. The molecule has 0 spiro atoms. The van der Waals surface area contributed by atoms with Gasteiger partial charge in [-0.05, 0) is 11.0 Å². The van der Waals surface area contributed by atoms with E-state index >= 15 is 0 Å². The van der Waals surface area contributed by atoms with Gasteiger partial charge < -0.3 is 5.32 Å². The number of rotatable bonds is 1. The topological polar surface area (TPSA) is 24.4 Å². The summed E-state index contributed by atoms with van der Waals surface area (Å²) < 4.78 is 0. The average molecular weight is 214 g/mol. The first kappa shape index (κ1) is 10.9. The molecule has 1 unspecified atom stereocenters. The van der Waals surface area contributed by atoms with Gasteiger partial charge in [0.05, 0.1) is 12.4 Å². The summed E-state index contributed by atoms with van der Waals surface area (Å²) in [4.78, 5) is 4.20. The second-order valence-corrected chi connectivity index (χ2v) is 5.19. The number of hydrogen-bond acceptors (Lipinski definition) is 2. The number of benzene rings is 1. The first-order chi connectivity index (χ1) is 7.59. The smallest absolute Gasteiger partial charge is 0.0884 e. The van der Waals surface area contributed by atoms with Crippen molar-refractivity contribution < 1.29 is 0 Å². The van der Waals surface area contributed by atoms with Gasteiger partial charge in [0.1, 0.15) is 0 Å². The van der Waals surface area contributed by atoms with Crippen molar-refractivity contribution in [1.29, 1.82) is 0 Å². The van der Waals surface area contributed by atoms with Crippen LogP contribution in [0.1, 0.15) is 26.3 Å². The fourth-order valence-corrected chi connectivity index (χ4v) is 1.99. The third-order valence-corrected chi connectivity index (χ3v) is 2.81. The summed E-state index contributed by atoms with van der Waals surface area (Å²) in [5, 5.41) is 3.35. The van der Waals surface area contributed by atoms with E-state index in [0.717, 1.165) is 0 Å². The van der Waals surface area contributed by atoms with E-state index in [1.54, 1.807) is 6.34 Å². The zero-order chi connectivity index (χ0) is 11.6. The molecular formula is C14H18N2. The molecule has 0 amide bonds. The first-order valence-electron chi connectivity index (χ1n) is 5.62. The van der Waals surface area contributed by atoms with E-state index in [1.807, 2.05) is 12.3 Å². The van der Waals surface area contributed by atoms with Crippen LogP contribution in [0, 0.1) is 5.41 Å². The molecule has 2 rings (SSSR count). The maximum absolute atomic E-state index is 4.20. The lowest BCUT2D eigenvalue weighted by atomic mass is 9.80. The van der Waals surface area contributed by atoms with E-state index < -0.39 is 0 Å². The Balaban J connectivity index is 2.38. The van der Waals surface area contributed by atoms with Crippen LogP contribution in [0.3, 0.4) is 0 Å². The van der Waals surface area contributed by atoms with Crippen molar-refractivity contribution in [3.8, 4) is 0 Å². The van der Waals surface area contributed by atoms with Crippen molar-refractivity contribution >= 4 is 11.9 Å². The van der Waals surface area contributed by atoms with Crippen molar-refractivity contribution in [1.82, 2.24) is 5.32 Å². The van der Waals surface area contributed by atoms with Crippen molar-refractivity contribution in [2.75, 3.05) is 0 Å². The minimum Gasteiger partial charge on any atom is -0.369 e. The molecule has 0 radical (unpaired) electrons. The molecule has 1 aromatic rings. The van der Waals surface area contributed by atoms with Crippen molar-refractivity contribution in [3.05, 3.63) is 42.1 Å². The fourth-order valence-electron chi connectivity index (χ4n) is 1.99. The lowest BCUT2D eigenvalue weighted by Crippen LogP contribution is -2.41. The SMILES string of the molecule is CC(C)(C)C1NC=NC=C1c1ccccc1. The fraction of sp³-hybridized carbons (Fsp3) is 0.357. The van der Waals surface area contributed by atoms with Crippen LogP contribution in [0.2, 0.25) is 0 Å². The minimum atomic E-state index is 0.175. The zero-order valence-electron chi connectivity index (χ0n) is 10.1. The zero-order valence-corrected chi connectivity index (χ0v) is 10.1. The molecule has 16 heavy (non-hydrogen) atoms. The molecule has 0 bridgehead atoms. The highest BCUT2D eigenvalue weighted by Crippen LogP contribution is 2.31. The number of hydrogen-bond donors (Lipinski definition) is 1. The Kier molecular flexibility index (Phi) is 2.82. The van der Waals surface area contributed by atoms with Gasteiger partial charge in [0, 0.05) is 11.8 Å². The molecule has 2 heteroatoms. The molecule has 0 fully saturated rings. The van der Waals surface area contributed by atoms with Gasteiger partial charge >= 0.3 is 0 Å². The molecular weight excluding hydrogens is 196 g/mol. The van der Waals surface area contributed by atoms with Gasteiger partial charge in [-0.3, -0.25) is 0 Å². The molecule has 0 aliphatic carbocycles. The molecule has 1 N–H and O–H groups in total. The van der Waals surface area contributed by atoms with Gasteiger partial charge in [-0.1, -0.05) is 51.1 Å². The van der Waals surface area contributed by atoms with Gasteiger partial charge in [0.25, 0.3) is 0 Å². The maximum atomic E-state index is 4.20. The Morgan fingerprint density at radius 1 is 1.12 bits per heavy atom. The maximum Gasteiger partial charge on any atom is 0.0884 e. The van der Waals surface area contributed by atoms with Crippen LogP contribution in [0.5, 0.6) is 0 Å². The van der Waals surface area contributed by atoms with Crippen LogP contribution < -0.4 is 5.32 Å². The molecule has 0 saturated heterocycles. The molecule has 1 aliphatic heterocycles. The van der Waals surface area contributed by atoms with Gasteiger partial charge in [-0.15, -0.1) is 0 Å². The Labute approximate surface area is 97.1 Å². The Morgan fingerprint density at radius 3 is 2.44 bits per heavy atom. The summed E-state index contributed by atoms with van der Waals surface area (Å²) in [5.74, 6) is 0. The molecule has 1 aromatic carbocycles. The summed E-state index contributed by atoms with van der Waals surface area (Å²) >= 11 is 0. The summed E-state index contributed by atoms with van der Waals surface area (Å²) in [5.41, 5.74) is 2.68. The van der Waals surface area contributed by atoms with E-state index in [0.29, 0.717) is 6.04 Å². The number of nitrogens with zero attached hydrogens (tertiary/aromatic N) is 1. The molecule has 0 aromatic heterocycles. The van der Waals surface area contributed by atoms with E-state index in [2.05, 4.69) is 55.3 Å². The van der Waals surface area contributed by atoms with Crippen LogP contribution in [0.25, 0.3) is 5.57 Å². The largest absolute Gasteiger partial charge is 0.369 e. The first-order valence-corrected chi connectivity index (χ1v) is 5.62. The second-order valence-electron chi connectivity index (χ2n) is 5.19. The summed E-state index contributed by atoms with van der Waals surface area (Å²) in [6.45, 7) is 6.71. The number of aliphatic imine (C=N–C) groups is 1. The van der Waals surface area contributed by atoms with Gasteiger partial charge in [-0.25, -0.2) is 4.99 Å². The van der Waals surface area contributed by atoms with Gasteiger partial charge in [-0.2, -0.15) is 0 Å². The van der Waals surface area contributed by atoms with Crippen molar-refractivity contribution in [2.24, 2.45) is 10.4 Å². The lowest BCUT2D eigenvalue weighted by molar-refractivity contribution is 0.352. The van der Waals surface area contributed by atoms with Crippen LogP contribution >= 0.6 is 0 Å². The lowest BCUT2D eigenvalue weighted by Gasteiger charge is -2.34. The average Bonchev–Trinajstić information content (AvgIpc) is 2.29. The predicted octanol–water partition coefficient (Wildman–Crippen LogP) is 3.07. The molecule has 1 aliphatic rings. The summed E-state index contributed by atoms with van der Waals surface area (Å²) in [7, 11) is 0. The van der Waals surface area contributed by atoms with Crippen LogP contribution in [0.4, 0.5) is 0 Å². The Bertz CT molecular complexity index is 410. The van der Waals surface area contributed by atoms with Gasteiger partial charge in [0.15, 0.2) is 0 Å². The summed E-state index contributed by atoms with van der Waals surface area (Å²) in [6.07, 6.45) is 3.74. The van der Waals surface area contributed by atoms with E-state index in [1.165, 1.54) is 11.1 Å². The molecule has 1 heterocycles. The third kappa shape index (κ3) is 2.16. The highest BCUT2D eigenvalue weighted by molar-refractivity contribution is 5.77. The minimum absolute atomic E-state index is 0.175.